The van der Waals surface area contributed by atoms with E-state index in [1.165, 1.54) is 20.2 Å². The Balaban J connectivity index is 2.23. The molecule has 104 valence electrons. The molecule has 0 aliphatic rings. The molecule has 0 saturated heterocycles. The van der Waals surface area contributed by atoms with Crippen molar-refractivity contribution in [3.05, 3.63) is 47.8 Å². The van der Waals surface area contributed by atoms with Gasteiger partial charge in [0.1, 0.15) is 11.4 Å². The van der Waals surface area contributed by atoms with Gasteiger partial charge in [-0.3, -0.25) is 4.79 Å². The van der Waals surface area contributed by atoms with Gasteiger partial charge in [0.05, 0.1) is 19.9 Å². The van der Waals surface area contributed by atoms with Crippen LogP contribution in [0.25, 0.3) is 0 Å². The molecule has 1 N–H and O–H groups in total. The summed E-state index contributed by atoms with van der Waals surface area (Å²) in [5, 5.41) is 9.08. The van der Waals surface area contributed by atoms with E-state index in [0.717, 1.165) is 5.56 Å². The van der Waals surface area contributed by atoms with Crippen molar-refractivity contribution < 1.29 is 19.4 Å². The zero-order valence-electron chi connectivity index (χ0n) is 11.3. The molecule has 0 aliphatic heterocycles. The first-order valence-corrected chi connectivity index (χ1v) is 6.06. The quantitative estimate of drug-likeness (QED) is 0.848. The molecule has 0 spiro atoms. The molecule has 1 aromatic heterocycles. The van der Waals surface area contributed by atoms with Crippen molar-refractivity contribution in [1.82, 2.24) is 4.98 Å². The number of aliphatic hydroxyl groups is 1. The summed E-state index contributed by atoms with van der Waals surface area (Å²) in [5.74, 6) is 1.45. The Bertz CT molecular complexity index is 608. The summed E-state index contributed by atoms with van der Waals surface area (Å²) in [4.78, 5) is 15.1. The minimum atomic E-state index is -0.0959. The molecule has 5 heteroatoms. The minimum Gasteiger partial charge on any atom is -0.493 e. The van der Waals surface area contributed by atoms with E-state index in [-0.39, 0.29) is 12.4 Å². The monoisotopic (exact) mass is 273 g/mol. The number of hydrogen-bond acceptors (Lipinski definition) is 5. The highest BCUT2D eigenvalue weighted by Crippen LogP contribution is 2.32. The number of methoxy groups -OCH3 is 1. The van der Waals surface area contributed by atoms with E-state index in [1.54, 1.807) is 30.3 Å². The highest BCUT2D eigenvalue weighted by atomic mass is 16.5. The van der Waals surface area contributed by atoms with Crippen LogP contribution in [0, 0.1) is 0 Å². The average Bonchev–Trinajstić information content (AvgIpc) is 2.48. The summed E-state index contributed by atoms with van der Waals surface area (Å²) in [5.41, 5.74) is 1.12. The Morgan fingerprint density at radius 2 is 2.05 bits per heavy atom. The number of nitrogens with zero attached hydrogens (tertiary/aromatic N) is 1. The molecule has 0 saturated carbocycles. The van der Waals surface area contributed by atoms with Gasteiger partial charge in [0, 0.05) is 6.92 Å². The Kier molecular flexibility index (Phi) is 4.32. The van der Waals surface area contributed by atoms with E-state index in [0.29, 0.717) is 22.9 Å². The standard InChI is InChI=1S/C15H15NO4/c1-10(18)13-5-4-12(8-16-13)20-14-6-3-11(9-17)7-15(14)19-2/h3-8,17H,9H2,1-2H3. The Labute approximate surface area is 116 Å². The predicted molar refractivity (Wildman–Crippen MR) is 73.2 cm³/mol. The lowest BCUT2D eigenvalue weighted by Crippen LogP contribution is -1.97. The van der Waals surface area contributed by atoms with Gasteiger partial charge in [0.25, 0.3) is 0 Å². The number of pyridine rings is 1. The first kappa shape index (κ1) is 14.0. The van der Waals surface area contributed by atoms with Gasteiger partial charge in [-0.25, -0.2) is 4.98 Å². The fourth-order valence-corrected chi connectivity index (χ4v) is 1.67. The third kappa shape index (κ3) is 3.13. The fraction of sp³-hybridized carbons (Fsp3) is 0.200. The van der Waals surface area contributed by atoms with Crippen LogP contribution in [0.15, 0.2) is 36.5 Å². The SMILES string of the molecule is COc1cc(CO)ccc1Oc1ccc(C(C)=O)nc1. The summed E-state index contributed by atoms with van der Waals surface area (Å²) in [6.07, 6.45) is 1.48. The zero-order valence-corrected chi connectivity index (χ0v) is 11.3. The Morgan fingerprint density at radius 3 is 2.60 bits per heavy atom. The van der Waals surface area contributed by atoms with Crippen LogP contribution in [0.4, 0.5) is 0 Å². The van der Waals surface area contributed by atoms with Gasteiger partial charge in [-0.2, -0.15) is 0 Å². The fourth-order valence-electron chi connectivity index (χ4n) is 1.67. The van der Waals surface area contributed by atoms with Crippen LogP contribution in [-0.2, 0) is 6.61 Å². The van der Waals surface area contributed by atoms with Crippen LogP contribution < -0.4 is 9.47 Å². The second-order valence-corrected chi connectivity index (χ2v) is 4.18. The van der Waals surface area contributed by atoms with Crippen molar-refractivity contribution in [2.75, 3.05) is 7.11 Å². The summed E-state index contributed by atoms with van der Waals surface area (Å²) in [6, 6.07) is 8.43. The zero-order chi connectivity index (χ0) is 14.5. The van der Waals surface area contributed by atoms with Crippen molar-refractivity contribution in [2.24, 2.45) is 0 Å². The van der Waals surface area contributed by atoms with E-state index in [4.69, 9.17) is 14.6 Å². The van der Waals surface area contributed by atoms with Crippen LogP contribution in [0.1, 0.15) is 23.0 Å². The molecule has 0 aliphatic carbocycles. The van der Waals surface area contributed by atoms with Crippen LogP contribution in [0.5, 0.6) is 17.2 Å². The molecule has 2 rings (SSSR count). The van der Waals surface area contributed by atoms with E-state index in [2.05, 4.69) is 4.98 Å². The second kappa shape index (κ2) is 6.16. The van der Waals surface area contributed by atoms with Crippen LogP contribution in [0.3, 0.4) is 0 Å². The number of hydrogen-bond donors (Lipinski definition) is 1. The topological polar surface area (TPSA) is 68.7 Å². The van der Waals surface area contributed by atoms with E-state index >= 15 is 0 Å². The Hall–Kier alpha value is -2.40. The first-order valence-electron chi connectivity index (χ1n) is 6.06. The second-order valence-electron chi connectivity index (χ2n) is 4.18. The average molecular weight is 273 g/mol. The number of carbonyl (C=O) groups is 1. The number of aromatic nitrogens is 1. The highest BCUT2D eigenvalue weighted by Gasteiger charge is 2.08. The van der Waals surface area contributed by atoms with Crippen molar-refractivity contribution in [1.29, 1.82) is 0 Å². The molecule has 1 aromatic carbocycles. The molecule has 20 heavy (non-hydrogen) atoms. The lowest BCUT2D eigenvalue weighted by molar-refractivity contribution is 0.101. The molecule has 0 radical (unpaired) electrons. The first-order chi connectivity index (χ1) is 9.63. The van der Waals surface area contributed by atoms with E-state index < -0.39 is 0 Å². The maximum atomic E-state index is 11.1. The third-order valence-corrected chi connectivity index (χ3v) is 2.74. The summed E-state index contributed by atoms with van der Waals surface area (Å²) in [7, 11) is 1.53. The molecule has 2 aromatic rings. The summed E-state index contributed by atoms with van der Waals surface area (Å²) >= 11 is 0. The number of benzene rings is 1. The molecule has 0 amide bonds. The molecule has 5 nitrogen and oxygen atoms in total. The third-order valence-electron chi connectivity index (χ3n) is 2.74. The number of carbonyl (C=O) groups excluding carboxylic acids is 1. The number of ether oxygens (including phenoxy) is 2. The lowest BCUT2D eigenvalue weighted by Gasteiger charge is -2.11. The van der Waals surface area contributed by atoms with E-state index in [1.807, 2.05) is 0 Å². The van der Waals surface area contributed by atoms with Gasteiger partial charge in [-0.1, -0.05) is 6.07 Å². The minimum absolute atomic E-state index is 0.0640. The van der Waals surface area contributed by atoms with Crippen molar-refractivity contribution in [3.63, 3.8) is 0 Å². The van der Waals surface area contributed by atoms with Gasteiger partial charge in [-0.15, -0.1) is 0 Å². The molecule has 0 fully saturated rings. The van der Waals surface area contributed by atoms with E-state index in [9.17, 15) is 4.79 Å². The number of rotatable bonds is 5. The lowest BCUT2D eigenvalue weighted by atomic mass is 10.2. The molecule has 1 heterocycles. The van der Waals surface area contributed by atoms with Gasteiger partial charge in [-0.05, 0) is 29.8 Å². The van der Waals surface area contributed by atoms with Crippen LogP contribution in [0.2, 0.25) is 0 Å². The van der Waals surface area contributed by atoms with Gasteiger partial charge in [0.2, 0.25) is 0 Å². The molecular formula is C15H15NO4. The van der Waals surface area contributed by atoms with Gasteiger partial charge >= 0.3 is 0 Å². The smallest absolute Gasteiger partial charge is 0.178 e. The molecule has 0 atom stereocenters. The van der Waals surface area contributed by atoms with Crippen molar-refractivity contribution in [2.45, 2.75) is 13.5 Å². The largest absolute Gasteiger partial charge is 0.493 e. The number of ketones is 1. The maximum Gasteiger partial charge on any atom is 0.178 e. The maximum absolute atomic E-state index is 11.1. The van der Waals surface area contributed by atoms with Crippen LogP contribution >= 0.6 is 0 Å². The molecule has 0 bridgehead atoms. The van der Waals surface area contributed by atoms with Gasteiger partial charge in [0.15, 0.2) is 17.3 Å². The number of Topliss-reactive ketones (excluding diaryl/α,β-unsaturated/α-hetero) is 1. The predicted octanol–water partition coefficient (Wildman–Crippen LogP) is 2.58. The number of aliphatic hydroxyl groups excluding tert-OH is 1. The van der Waals surface area contributed by atoms with Crippen LogP contribution in [-0.4, -0.2) is 23.0 Å². The highest BCUT2D eigenvalue weighted by molar-refractivity contribution is 5.92. The van der Waals surface area contributed by atoms with Gasteiger partial charge < -0.3 is 14.6 Å². The van der Waals surface area contributed by atoms with Crippen molar-refractivity contribution in [3.8, 4) is 17.2 Å². The molecular weight excluding hydrogens is 258 g/mol. The normalized spacial score (nSPS) is 10.2. The summed E-state index contributed by atoms with van der Waals surface area (Å²) < 4.78 is 10.9. The Morgan fingerprint density at radius 1 is 1.25 bits per heavy atom. The molecule has 0 unspecified atom stereocenters. The summed E-state index contributed by atoms with van der Waals surface area (Å²) in [6.45, 7) is 1.39. The van der Waals surface area contributed by atoms with Crippen molar-refractivity contribution >= 4 is 5.78 Å².